The molecule has 2 unspecified atom stereocenters. The Morgan fingerprint density at radius 1 is 0.607 bits per heavy atom. The highest BCUT2D eigenvalue weighted by atomic mass is 31.2. The maximum Gasteiger partial charge on any atom is 0.472 e. The predicted molar refractivity (Wildman–Crippen MR) is 225 cm³/mol. The molecule has 0 rings (SSSR count). The molecule has 0 aromatic carbocycles. The summed E-state index contributed by atoms with van der Waals surface area (Å²) in [7, 11) is -4.68. The van der Waals surface area contributed by atoms with Crippen LogP contribution in [0.2, 0.25) is 0 Å². The van der Waals surface area contributed by atoms with E-state index in [9.17, 15) is 29.3 Å². The average Bonchev–Trinajstić information content (AvgIpc) is 3.18. The number of allylic oxidation sites excluding steroid dienone is 11. The first-order valence-electron chi connectivity index (χ1n) is 21.0. The van der Waals surface area contributed by atoms with Gasteiger partial charge >= 0.3 is 19.8 Å². The predicted octanol–water partition coefficient (Wildman–Crippen LogP) is 9.86. The molecule has 0 aliphatic carbocycles. The molecule has 0 aliphatic heterocycles. The van der Waals surface area contributed by atoms with Crippen molar-refractivity contribution in [3.05, 3.63) is 72.9 Å². The van der Waals surface area contributed by atoms with Crippen LogP contribution in [0.15, 0.2) is 72.9 Å². The van der Waals surface area contributed by atoms with Crippen LogP contribution in [0.25, 0.3) is 0 Å². The Hall–Kier alpha value is -2.63. The molecule has 4 N–H and O–H groups in total. The Morgan fingerprint density at radius 2 is 1.12 bits per heavy atom. The Kier molecular flexibility index (Phi) is 37.4. The van der Waals surface area contributed by atoms with Crippen LogP contribution in [-0.4, -0.2) is 76.9 Å². The quantitative estimate of drug-likeness (QED) is 0.0154. The van der Waals surface area contributed by atoms with Gasteiger partial charge < -0.3 is 29.7 Å². The zero-order chi connectivity index (χ0) is 41.4. The highest BCUT2D eigenvalue weighted by Gasteiger charge is 2.27. The molecular weight excluding hydrogens is 735 g/mol. The second kappa shape index (κ2) is 39.2. The smallest absolute Gasteiger partial charge is 0.462 e. The van der Waals surface area contributed by atoms with Gasteiger partial charge in [-0.1, -0.05) is 132 Å². The molecule has 0 radical (unpaired) electrons. The zero-order valence-corrected chi connectivity index (χ0v) is 35.3. The van der Waals surface area contributed by atoms with Gasteiger partial charge in [-0.3, -0.25) is 18.6 Å². The second-order valence-electron chi connectivity index (χ2n) is 13.9. The molecule has 0 bridgehead atoms. The van der Waals surface area contributed by atoms with Gasteiger partial charge in [-0.25, -0.2) is 4.57 Å². The first-order valence-corrected chi connectivity index (χ1v) is 22.5. The summed E-state index contributed by atoms with van der Waals surface area (Å²) in [5.74, 6) is -1.17. The number of carbonyl (C=O) groups is 2. The number of phosphoric ester groups is 1. The van der Waals surface area contributed by atoms with Gasteiger partial charge in [0.15, 0.2) is 6.10 Å². The number of carbonyl (C=O) groups excluding carboxylic acids is 2. The number of aliphatic hydroxyl groups excluding tert-OH is 3. The second-order valence-corrected chi connectivity index (χ2v) is 15.3. The first kappa shape index (κ1) is 53.4. The lowest BCUT2D eigenvalue weighted by Gasteiger charge is -2.20. The number of hydrogen-bond donors (Lipinski definition) is 4. The minimum absolute atomic E-state index is 0.0515. The Labute approximate surface area is 338 Å². The van der Waals surface area contributed by atoms with E-state index in [0.717, 1.165) is 44.9 Å². The molecule has 0 aromatic heterocycles. The monoisotopic (exact) mass is 811 g/mol. The fourth-order valence-corrected chi connectivity index (χ4v) is 5.91. The summed E-state index contributed by atoms with van der Waals surface area (Å²) in [6, 6.07) is 0. The molecule has 0 amide bonds. The van der Waals surface area contributed by atoms with Crippen LogP contribution in [0, 0.1) is 0 Å². The maximum absolute atomic E-state index is 12.6. The summed E-state index contributed by atoms with van der Waals surface area (Å²) < 4.78 is 32.5. The molecule has 0 spiro atoms. The maximum atomic E-state index is 12.6. The molecule has 0 saturated carbocycles. The van der Waals surface area contributed by atoms with Crippen molar-refractivity contribution in [2.75, 3.05) is 26.4 Å². The van der Waals surface area contributed by atoms with Crippen molar-refractivity contribution in [3.63, 3.8) is 0 Å². The summed E-state index contributed by atoms with van der Waals surface area (Å²) in [6.45, 7) is 2.06. The lowest BCUT2D eigenvalue weighted by Crippen LogP contribution is -2.30. The van der Waals surface area contributed by atoms with E-state index in [2.05, 4.69) is 67.0 Å². The Bertz CT molecular complexity index is 1180. The minimum Gasteiger partial charge on any atom is -0.462 e. The molecule has 322 valence electrons. The zero-order valence-electron chi connectivity index (χ0n) is 34.4. The van der Waals surface area contributed by atoms with Crippen molar-refractivity contribution in [1.29, 1.82) is 0 Å². The average molecular weight is 811 g/mol. The first-order chi connectivity index (χ1) is 27.1. The number of ether oxygens (including phenoxy) is 2. The van der Waals surface area contributed by atoms with Crippen LogP contribution in [0.1, 0.15) is 149 Å². The summed E-state index contributed by atoms with van der Waals surface area (Å²) >= 11 is 0. The van der Waals surface area contributed by atoms with Crippen LogP contribution in [0.3, 0.4) is 0 Å². The topological polar surface area (TPSA) is 169 Å². The van der Waals surface area contributed by atoms with E-state index in [1.807, 2.05) is 12.2 Å². The van der Waals surface area contributed by atoms with Gasteiger partial charge in [-0.15, -0.1) is 0 Å². The van der Waals surface area contributed by atoms with Crippen molar-refractivity contribution in [2.45, 2.75) is 167 Å². The molecular formula is C44H75O11P. The molecule has 0 saturated heterocycles. The van der Waals surface area contributed by atoms with Crippen LogP contribution < -0.4 is 0 Å². The fourth-order valence-electron chi connectivity index (χ4n) is 5.12. The summed E-state index contributed by atoms with van der Waals surface area (Å²) in [6.07, 6.45) is 40.4. The van der Waals surface area contributed by atoms with Crippen molar-refractivity contribution in [3.8, 4) is 0 Å². The molecule has 0 heterocycles. The summed E-state index contributed by atoms with van der Waals surface area (Å²) in [5.41, 5.74) is 0. The lowest BCUT2D eigenvalue weighted by atomic mass is 10.1. The molecule has 0 aromatic rings. The van der Waals surface area contributed by atoms with E-state index in [-0.39, 0.29) is 12.8 Å². The van der Waals surface area contributed by atoms with Gasteiger partial charge in [-0.05, 0) is 77.0 Å². The standard InChI is InChI=1S/C44H75O11P/c1-3-5-7-9-11-13-15-17-18-20-22-24-26-28-30-34-43(48)52-38-42(39-54-56(50,51)53-37-41(47)36-45)55-44(49)35-31-33-40(46)32-29-27-25-23-21-19-16-14-12-10-8-6-4-2/h11,13,17-19,21-22,24-25,27,29,32,40-42,45-47H,3-10,12,14-16,20,23,26,28,30-31,33-39H2,1-2H3,(H,50,51)/b13-11-,18-17-,21-19+,24-22-,27-25+,32-29+/t40?,41-,42+/m0/s1. The largest absolute Gasteiger partial charge is 0.472 e. The number of unbranched alkanes of at least 4 members (excludes halogenated alkanes) is 11. The third-order valence-electron chi connectivity index (χ3n) is 8.44. The van der Waals surface area contributed by atoms with E-state index in [0.29, 0.717) is 19.3 Å². The van der Waals surface area contributed by atoms with E-state index in [1.54, 1.807) is 12.2 Å². The molecule has 0 fully saturated rings. The number of rotatable bonds is 38. The Morgan fingerprint density at radius 3 is 1.77 bits per heavy atom. The molecule has 11 nitrogen and oxygen atoms in total. The third-order valence-corrected chi connectivity index (χ3v) is 9.39. The lowest BCUT2D eigenvalue weighted by molar-refractivity contribution is -0.161. The van der Waals surface area contributed by atoms with Gasteiger partial charge in [0.25, 0.3) is 0 Å². The molecule has 0 aliphatic rings. The van der Waals surface area contributed by atoms with Gasteiger partial charge in [0.1, 0.15) is 12.7 Å². The summed E-state index contributed by atoms with van der Waals surface area (Å²) in [5, 5.41) is 28.6. The number of phosphoric acid groups is 1. The van der Waals surface area contributed by atoms with Gasteiger partial charge in [0, 0.05) is 12.8 Å². The number of aliphatic hydroxyl groups is 3. The van der Waals surface area contributed by atoms with Crippen molar-refractivity contribution >= 4 is 19.8 Å². The van der Waals surface area contributed by atoms with Gasteiger partial charge in [0.05, 0.1) is 25.9 Å². The fraction of sp³-hybridized carbons (Fsp3) is 0.682. The normalized spacial score (nSPS) is 15.2. The molecule has 56 heavy (non-hydrogen) atoms. The highest BCUT2D eigenvalue weighted by Crippen LogP contribution is 2.43. The van der Waals surface area contributed by atoms with Crippen LogP contribution in [0.4, 0.5) is 0 Å². The van der Waals surface area contributed by atoms with E-state index < -0.39 is 64.5 Å². The van der Waals surface area contributed by atoms with Crippen LogP contribution in [-0.2, 0) is 32.7 Å². The Balaban J connectivity index is 4.59. The third kappa shape index (κ3) is 38.3. The molecule has 12 heteroatoms. The number of hydrogen-bond acceptors (Lipinski definition) is 10. The SMILES string of the molecule is CCCCC/C=C\C/C=C\C/C=C\CCCCC(=O)OC[C@H](COP(=O)(O)OC[C@@H](O)CO)OC(=O)CCCC(O)/C=C/C=C/C/C=C/CCCCCCCC. The summed E-state index contributed by atoms with van der Waals surface area (Å²) in [4.78, 5) is 34.9. The van der Waals surface area contributed by atoms with Gasteiger partial charge in [-0.2, -0.15) is 0 Å². The molecule has 4 atom stereocenters. The minimum atomic E-state index is -4.68. The number of esters is 2. The van der Waals surface area contributed by atoms with Crippen LogP contribution >= 0.6 is 7.82 Å². The van der Waals surface area contributed by atoms with Crippen molar-refractivity contribution in [1.82, 2.24) is 0 Å². The highest BCUT2D eigenvalue weighted by molar-refractivity contribution is 7.47. The van der Waals surface area contributed by atoms with Gasteiger partial charge in [0.2, 0.25) is 0 Å². The van der Waals surface area contributed by atoms with E-state index in [4.69, 9.17) is 19.1 Å². The van der Waals surface area contributed by atoms with Crippen LogP contribution in [0.5, 0.6) is 0 Å². The van der Waals surface area contributed by atoms with E-state index >= 15 is 0 Å². The van der Waals surface area contributed by atoms with Crippen molar-refractivity contribution in [2.24, 2.45) is 0 Å². The van der Waals surface area contributed by atoms with E-state index in [1.165, 1.54) is 57.8 Å². The van der Waals surface area contributed by atoms with Crippen molar-refractivity contribution < 1.29 is 52.9 Å².